The Morgan fingerprint density at radius 1 is 1.16 bits per heavy atom. The molecule has 0 aliphatic carbocycles. The molecule has 1 aliphatic heterocycles. The molecule has 1 aliphatic rings. The van der Waals surface area contributed by atoms with Crippen LogP contribution in [-0.2, 0) is 4.79 Å². The molecular weight excluding hydrogens is 312 g/mol. The standard InChI is InChI=1S/C21H34N2O2/c1-4-20(25-19-11-10-17(2)18(3)16-19)21(24)22-12-9-15-23-13-7-5-6-8-14-23/h10-11,16,20H,4-9,12-15H2,1-3H3,(H,22,24)/t20-/m0/s1. The molecule has 0 saturated carbocycles. The third-order valence-corrected chi connectivity index (χ3v) is 5.07. The maximum absolute atomic E-state index is 12.4. The molecule has 1 aromatic carbocycles. The van der Waals surface area contributed by atoms with Crippen molar-refractivity contribution in [2.45, 2.75) is 65.4 Å². The van der Waals surface area contributed by atoms with E-state index >= 15 is 0 Å². The van der Waals surface area contributed by atoms with Crippen LogP contribution in [0.25, 0.3) is 0 Å². The van der Waals surface area contributed by atoms with E-state index in [9.17, 15) is 4.79 Å². The summed E-state index contributed by atoms with van der Waals surface area (Å²) in [6.45, 7) is 10.3. The summed E-state index contributed by atoms with van der Waals surface area (Å²) in [4.78, 5) is 14.9. The van der Waals surface area contributed by atoms with E-state index in [4.69, 9.17) is 4.74 Å². The first-order chi connectivity index (χ1) is 12.1. The number of carbonyl (C=O) groups excluding carboxylic acids is 1. The van der Waals surface area contributed by atoms with Gasteiger partial charge in [-0.1, -0.05) is 25.8 Å². The maximum Gasteiger partial charge on any atom is 0.261 e. The van der Waals surface area contributed by atoms with E-state index in [1.807, 2.05) is 25.1 Å². The van der Waals surface area contributed by atoms with Gasteiger partial charge in [-0.25, -0.2) is 0 Å². The monoisotopic (exact) mass is 346 g/mol. The fraction of sp³-hybridized carbons (Fsp3) is 0.667. The van der Waals surface area contributed by atoms with Crippen molar-refractivity contribution in [1.82, 2.24) is 10.2 Å². The number of nitrogens with zero attached hydrogens (tertiary/aromatic N) is 1. The molecule has 0 spiro atoms. The van der Waals surface area contributed by atoms with Gasteiger partial charge in [0.1, 0.15) is 5.75 Å². The molecular formula is C21H34N2O2. The summed E-state index contributed by atoms with van der Waals surface area (Å²) in [7, 11) is 0. The van der Waals surface area contributed by atoms with Crippen molar-refractivity contribution in [2.24, 2.45) is 0 Å². The van der Waals surface area contributed by atoms with Crippen LogP contribution in [0.2, 0.25) is 0 Å². The van der Waals surface area contributed by atoms with Crippen LogP contribution in [0.4, 0.5) is 0 Å². The topological polar surface area (TPSA) is 41.6 Å². The minimum Gasteiger partial charge on any atom is -0.481 e. The van der Waals surface area contributed by atoms with Crippen LogP contribution in [0.1, 0.15) is 56.6 Å². The summed E-state index contributed by atoms with van der Waals surface area (Å²) in [6, 6.07) is 5.98. The molecule has 1 atom stereocenters. The highest BCUT2D eigenvalue weighted by molar-refractivity contribution is 5.81. The zero-order valence-corrected chi connectivity index (χ0v) is 16.1. The molecule has 4 nitrogen and oxygen atoms in total. The van der Waals surface area contributed by atoms with Crippen molar-refractivity contribution in [3.63, 3.8) is 0 Å². The number of amides is 1. The maximum atomic E-state index is 12.4. The Morgan fingerprint density at radius 2 is 1.88 bits per heavy atom. The first kappa shape index (κ1) is 19.8. The minimum absolute atomic E-state index is 0.00315. The van der Waals surface area contributed by atoms with E-state index < -0.39 is 6.10 Å². The predicted octanol–water partition coefficient (Wildman–Crippen LogP) is 3.84. The lowest BCUT2D eigenvalue weighted by Crippen LogP contribution is -2.39. The highest BCUT2D eigenvalue weighted by Gasteiger charge is 2.18. The molecule has 1 heterocycles. The highest BCUT2D eigenvalue weighted by atomic mass is 16.5. The van der Waals surface area contributed by atoms with Gasteiger partial charge in [-0.2, -0.15) is 0 Å². The highest BCUT2D eigenvalue weighted by Crippen LogP contribution is 2.18. The molecule has 0 bridgehead atoms. The largest absolute Gasteiger partial charge is 0.481 e. The van der Waals surface area contributed by atoms with Gasteiger partial charge in [0, 0.05) is 6.54 Å². The molecule has 1 aromatic rings. The normalized spacial score (nSPS) is 16.9. The van der Waals surface area contributed by atoms with Crippen molar-refractivity contribution in [3.05, 3.63) is 29.3 Å². The summed E-state index contributed by atoms with van der Waals surface area (Å²) in [5.74, 6) is 0.770. The van der Waals surface area contributed by atoms with Gasteiger partial charge in [0.2, 0.25) is 0 Å². The summed E-state index contributed by atoms with van der Waals surface area (Å²) < 4.78 is 5.90. The van der Waals surface area contributed by atoms with Crippen LogP contribution < -0.4 is 10.1 Å². The molecule has 1 N–H and O–H groups in total. The lowest BCUT2D eigenvalue weighted by atomic mass is 10.1. The van der Waals surface area contributed by atoms with Crippen LogP contribution in [0.5, 0.6) is 5.75 Å². The van der Waals surface area contributed by atoms with E-state index in [0.29, 0.717) is 6.42 Å². The second-order valence-corrected chi connectivity index (χ2v) is 7.16. The zero-order chi connectivity index (χ0) is 18.1. The Kier molecular flexibility index (Phi) is 8.26. The van der Waals surface area contributed by atoms with Gasteiger partial charge in [-0.3, -0.25) is 4.79 Å². The van der Waals surface area contributed by atoms with Gasteiger partial charge in [0.25, 0.3) is 5.91 Å². The fourth-order valence-electron chi connectivity index (χ4n) is 3.26. The summed E-state index contributed by atoms with van der Waals surface area (Å²) >= 11 is 0. The molecule has 0 unspecified atom stereocenters. The summed E-state index contributed by atoms with van der Waals surface area (Å²) in [6.07, 6.45) is 6.61. The van der Waals surface area contributed by atoms with E-state index in [1.54, 1.807) is 0 Å². The molecule has 1 fully saturated rings. The van der Waals surface area contributed by atoms with Gasteiger partial charge in [0.05, 0.1) is 0 Å². The van der Waals surface area contributed by atoms with Crippen molar-refractivity contribution < 1.29 is 9.53 Å². The zero-order valence-electron chi connectivity index (χ0n) is 16.1. The van der Waals surface area contributed by atoms with Crippen molar-refractivity contribution in [2.75, 3.05) is 26.2 Å². The Morgan fingerprint density at radius 3 is 2.52 bits per heavy atom. The first-order valence-electron chi connectivity index (χ1n) is 9.84. The first-order valence-corrected chi connectivity index (χ1v) is 9.84. The number of carbonyl (C=O) groups is 1. The van der Waals surface area contributed by atoms with Crippen molar-refractivity contribution >= 4 is 5.91 Å². The van der Waals surface area contributed by atoms with Gasteiger partial charge in [-0.15, -0.1) is 0 Å². The predicted molar refractivity (Wildman–Crippen MR) is 103 cm³/mol. The number of benzene rings is 1. The van der Waals surface area contributed by atoms with Crippen molar-refractivity contribution in [3.8, 4) is 5.75 Å². The molecule has 0 radical (unpaired) electrons. The second kappa shape index (κ2) is 10.4. The lowest BCUT2D eigenvalue weighted by Gasteiger charge is -2.21. The third kappa shape index (κ3) is 6.69. The number of aryl methyl sites for hydroxylation is 2. The van der Waals surface area contributed by atoms with E-state index in [1.165, 1.54) is 49.9 Å². The third-order valence-electron chi connectivity index (χ3n) is 5.07. The van der Waals surface area contributed by atoms with Gasteiger partial charge in [0.15, 0.2) is 6.10 Å². The Balaban J connectivity index is 1.72. The van der Waals surface area contributed by atoms with E-state index in [2.05, 4.69) is 24.1 Å². The number of hydrogen-bond donors (Lipinski definition) is 1. The lowest BCUT2D eigenvalue weighted by molar-refractivity contribution is -0.128. The van der Waals surface area contributed by atoms with E-state index in [0.717, 1.165) is 25.3 Å². The number of hydrogen-bond acceptors (Lipinski definition) is 3. The van der Waals surface area contributed by atoms with Crippen LogP contribution in [0.3, 0.4) is 0 Å². The SMILES string of the molecule is CC[C@H](Oc1ccc(C)c(C)c1)C(=O)NCCCN1CCCCCC1. The van der Waals surface area contributed by atoms with Gasteiger partial charge < -0.3 is 15.0 Å². The quantitative estimate of drug-likeness (QED) is 0.727. The molecule has 4 heteroatoms. The Hall–Kier alpha value is -1.55. The van der Waals surface area contributed by atoms with Crippen LogP contribution in [0, 0.1) is 13.8 Å². The average molecular weight is 347 g/mol. The minimum atomic E-state index is -0.416. The average Bonchev–Trinajstić information content (AvgIpc) is 2.88. The van der Waals surface area contributed by atoms with Crippen LogP contribution in [0.15, 0.2) is 18.2 Å². The van der Waals surface area contributed by atoms with Gasteiger partial charge in [-0.05, 0) is 82.4 Å². The summed E-state index contributed by atoms with van der Waals surface area (Å²) in [5, 5.41) is 3.04. The molecule has 25 heavy (non-hydrogen) atoms. The second-order valence-electron chi connectivity index (χ2n) is 7.16. The number of nitrogens with one attached hydrogen (secondary N) is 1. The van der Waals surface area contributed by atoms with E-state index in [-0.39, 0.29) is 5.91 Å². The smallest absolute Gasteiger partial charge is 0.261 e. The van der Waals surface area contributed by atoms with Crippen molar-refractivity contribution in [1.29, 1.82) is 0 Å². The molecule has 1 saturated heterocycles. The molecule has 1 amide bonds. The summed E-state index contributed by atoms with van der Waals surface area (Å²) in [5.41, 5.74) is 2.42. The Bertz CT molecular complexity index is 537. The van der Waals surface area contributed by atoms with Gasteiger partial charge >= 0.3 is 0 Å². The van der Waals surface area contributed by atoms with Crippen LogP contribution in [-0.4, -0.2) is 43.1 Å². The molecule has 140 valence electrons. The Labute approximate surface area is 152 Å². The molecule has 0 aromatic heterocycles. The fourth-order valence-corrected chi connectivity index (χ4v) is 3.26. The molecule has 2 rings (SSSR count). The van der Waals surface area contributed by atoms with Crippen LogP contribution >= 0.6 is 0 Å². The number of ether oxygens (including phenoxy) is 1. The number of rotatable bonds is 8. The number of likely N-dealkylation sites (tertiary alicyclic amines) is 1.